The van der Waals surface area contributed by atoms with E-state index in [1.807, 2.05) is 0 Å². The highest BCUT2D eigenvalue weighted by molar-refractivity contribution is 7.89. The van der Waals surface area contributed by atoms with Crippen molar-refractivity contribution in [1.29, 1.82) is 5.41 Å². The topological polar surface area (TPSA) is 181 Å². The normalized spacial score (nSPS) is 11.4. The molecule has 2 aromatic heterocycles. The minimum absolute atomic E-state index is 0.00952. The van der Waals surface area contributed by atoms with Crippen molar-refractivity contribution >= 4 is 38.5 Å². The largest absolute Gasteiger partial charge is 0.384 e. The van der Waals surface area contributed by atoms with Crippen LogP contribution in [0.15, 0.2) is 65.7 Å². The van der Waals surface area contributed by atoms with Crippen LogP contribution in [-0.4, -0.2) is 35.3 Å². The summed E-state index contributed by atoms with van der Waals surface area (Å²) in [6.07, 6.45) is 1.48. The standard InChI is InChI=1S/C21H19N7O3S/c22-21(23)13-5-6-15-16(9-13)27-28-17(15)11-20(29)26-19-10-12(7-8-25-19)14-3-1-2-4-18(14)32(24,30)31/h1-10H,11H2,(H3,22,23)(H,27,28)(H2,24,30,31)(H,25,26,29). The monoisotopic (exact) mass is 449 g/mol. The number of rotatable bonds is 6. The minimum atomic E-state index is -3.92. The Kier molecular flexibility index (Phi) is 5.43. The summed E-state index contributed by atoms with van der Waals surface area (Å²) >= 11 is 0. The number of fused-ring (bicyclic) bond motifs is 1. The van der Waals surface area contributed by atoms with E-state index < -0.39 is 10.0 Å². The van der Waals surface area contributed by atoms with Gasteiger partial charge in [-0.25, -0.2) is 18.5 Å². The van der Waals surface area contributed by atoms with Crippen molar-refractivity contribution in [3.05, 3.63) is 72.1 Å². The zero-order chi connectivity index (χ0) is 22.9. The second kappa shape index (κ2) is 8.21. The maximum atomic E-state index is 12.6. The van der Waals surface area contributed by atoms with Gasteiger partial charge in [0.1, 0.15) is 11.7 Å². The highest BCUT2D eigenvalue weighted by Crippen LogP contribution is 2.27. The molecule has 7 N–H and O–H groups in total. The number of hydrogen-bond donors (Lipinski definition) is 5. The third-order valence-corrected chi connectivity index (χ3v) is 5.78. The number of hydrogen-bond acceptors (Lipinski definition) is 6. The number of aromatic amines is 1. The molecule has 0 saturated heterocycles. The zero-order valence-corrected chi connectivity index (χ0v) is 17.5. The molecule has 0 aliphatic carbocycles. The van der Waals surface area contributed by atoms with Crippen LogP contribution in [0.2, 0.25) is 0 Å². The lowest BCUT2D eigenvalue weighted by Crippen LogP contribution is -2.16. The highest BCUT2D eigenvalue weighted by Gasteiger charge is 2.16. The molecule has 4 rings (SSSR count). The van der Waals surface area contributed by atoms with Crippen LogP contribution in [0.25, 0.3) is 22.0 Å². The number of carbonyl (C=O) groups excluding carboxylic acids is 1. The molecule has 0 aliphatic rings. The average Bonchev–Trinajstić information content (AvgIpc) is 3.15. The Labute approximate surface area is 183 Å². The first-order valence-corrected chi connectivity index (χ1v) is 11.0. The van der Waals surface area contributed by atoms with E-state index in [2.05, 4.69) is 20.5 Å². The molecule has 2 heterocycles. The SMILES string of the molecule is N=C(N)c1ccc2c(CC(=O)Nc3cc(-c4ccccc4S(N)(=O)=O)ccn3)[nH]nc2c1. The van der Waals surface area contributed by atoms with E-state index in [1.54, 1.807) is 48.5 Å². The first kappa shape index (κ1) is 21.2. The summed E-state index contributed by atoms with van der Waals surface area (Å²) < 4.78 is 23.8. The summed E-state index contributed by atoms with van der Waals surface area (Å²) in [4.78, 5) is 16.7. The number of nitrogens with zero attached hydrogens (tertiary/aromatic N) is 2. The number of nitrogens with one attached hydrogen (secondary N) is 3. The Morgan fingerprint density at radius 3 is 2.66 bits per heavy atom. The lowest BCUT2D eigenvalue weighted by molar-refractivity contribution is -0.115. The van der Waals surface area contributed by atoms with Gasteiger partial charge in [-0.3, -0.25) is 15.3 Å². The molecule has 4 aromatic rings. The van der Waals surface area contributed by atoms with Crippen molar-refractivity contribution in [2.45, 2.75) is 11.3 Å². The summed E-state index contributed by atoms with van der Waals surface area (Å²) in [5.41, 5.74) is 8.20. The fraction of sp³-hybridized carbons (Fsp3) is 0.0476. The number of H-pyrrole nitrogens is 1. The van der Waals surface area contributed by atoms with Crippen LogP contribution in [0.5, 0.6) is 0 Å². The fourth-order valence-electron chi connectivity index (χ4n) is 3.34. The molecule has 0 unspecified atom stereocenters. The minimum Gasteiger partial charge on any atom is -0.384 e. The molecule has 11 heteroatoms. The van der Waals surface area contributed by atoms with Gasteiger partial charge in [-0.05, 0) is 29.8 Å². The number of sulfonamides is 1. The summed E-state index contributed by atoms with van der Waals surface area (Å²) in [6.45, 7) is 0. The molecular formula is C21H19N7O3S. The van der Waals surface area contributed by atoms with E-state index in [0.29, 0.717) is 27.9 Å². The van der Waals surface area contributed by atoms with Gasteiger partial charge in [-0.15, -0.1) is 0 Å². The Balaban J connectivity index is 1.56. The van der Waals surface area contributed by atoms with Gasteiger partial charge < -0.3 is 11.1 Å². The summed E-state index contributed by atoms with van der Waals surface area (Å²) in [5.74, 6) is -0.140. The Bertz CT molecular complexity index is 1460. The molecule has 10 nitrogen and oxygen atoms in total. The highest BCUT2D eigenvalue weighted by atomic mass is 32.2. The van der Waals surface area contributed by atoms with Crippen LogP contribution < -0.4 is 16.2 Å². The Hall–Kier alpha value is -4.09. The summed E-state index contributed by atoms with van der Waals surface area (Å²) in [5, 5.41) is 23.3. The molecule has 1 amide bonds. The molecule has 0 saturated carbocycles. The van der Waals surface area contributed by atoms with E-state index in [9.17, 15) is 13.2 Å². The number of amidine groups is 1. The van der Waals surface area contributed by atoms with E-state index in [4.69, 9.17) is 16.3 Å². The molecule has 0 aliphatic heterocycles. The van der Waals surface area contributed by atoms with Crippen molar-refractivity contribution in [1.82, 2.24) is 15.2 Å². The molecule has 0 fully saturated rings. The van der Waals surface area contributed by atoms with E-state index >= 15 is 0 Å². The third-order valence-electron chi connectivity index (χ3n) is 4.81. The predicted octanol–water partition coefficient (Wildman–Crippen LogP) is 1.74. The maximum absolute atomic E-state index is 12.6. The Morgan fingerprint density at radius 1 is 1.12 bits per heavy atom. The van der Waals surface area contributed by atoms with Crippen molar-refractivity contribution in [3.8, 4) is 11.1 Å². The Morgan fingerprint density at radius 2 is 1.91 bits per heavy atom. The number of benzene rings is 2. The lowest BCUT2D eigenvalue weighted by Gasteiger charge is -2.10. The van der Waals surface area contributed by atoms with Crippen LogP contribution >= 0.6 is 0 Å². The van der Waals surface area contributed by atoms with Crippen LogP contribution in [-0.2, 0) is 21.2 Å². The fourth-order valence-corrected chi connectivity index (χ4v) is 4.10. The number of nitrogen functional groups attached to an aromatic ring is 1. The van der Waals surface area contributed by atoms with E-state index in [0.717, 1.165) is 5.39 Å². The molecule has 2 aromatic carbocycles. The first-order chi connectivity index (χ1) is 15.2. The summed E-state index contributed by atoms with van der Waals surface area (Å²) in [7, 11) is -3.92. The van der Waals surface area contributed by atoms with Gasteiger partial charge in [0.2, 0.25) is 15.9 Å². The van der Waals surface area contributed by atoms with Gasteiger partial charge in [-0.1, -0.05) is 30.3 Å². The summed E-state index contributed by atoms with van der Waals surface area (Å²) in [6, 6.07) is 14.7. The first-order valence-electron chi connectivity index (χ1n) is 9.42. The van der Waals surface area contributed by atoms with Crippen LogP contribution in [0, 0.1) is 5.41 Å². The third kappa shape index (κ3) is 4.33. The van der Waals surface area contributed by atoms with Crippen LogP contribution in [0.3, 0.4) is 0 Å². The molecule has 0 spiro atoms. The van der Waals surface area contributed by atoms with Crippen LogP contribution in [0.1, 0.15) is 11.3 Å². The van der Waals surface area contributed by atoms with Crippen LogP contribution in [0.4, 0.5) is 5.82 Å². The van der Waals surface area contributed by atoms with Gasteiger partial charge in [0, 0.05) is 22.7 Å². The molecule has 32 heavy (non-hydrogen) atoms. The van der Waals surface area contributed by atoms with E-state index in [-0.39, 0.29) is 28.9 Å². The number of aromatic nitrogens is 3. The van der Waals surface area contributed by atoms with Gasteiger partial charge in [0.15, 0.2) is 0 Å². The average molecular weight is 449 g/mol. The lowest BCUT2D eigenvalue weighted by atomic mass is 10.1. The van der Waals surface area contributed by atoms with Crippen molar-refractivity contribution in [2.24, 2.45) is 10.9 Å². The molecular weight excluding hydrogens is 430 g/mol. The van der Waals surface area contributed by atoms with Crippen molar-refractivity contribution < 1.29 is 13.2 Å². The number of carbonyl (C=O) groups is 1. The quantitative estimate of drug-likeness (QED) is 0.221. The number of pyridine rings is 1. The number of anilines is 1. The van der Waals surface area contributed by atoms with Gasteiger partial charge >= 0.3 is 0 Å². The maximum Gasteiger partial charge on any atom is 0.238 e. The second-order valence-corrected chi connectivity index (χ2v) is 8.57. The number of amides is 1. The smallest absolute Gasteiger partial charge is 0.238 e. The van der Waals surface area contributed by atoms with Gasteiger partial charge in [0.25, 0.3) is 0 Å². The van der Waals surface area contributed by atoms with Crippen molar-refractivity contribution in [3.63, 3.8) is 0 Å². The molecule has 0 radical (unpaired) electrons. The predicted molar refractivity (Wildman–Crippen MR) is 120 cm³/mol. The number of primary sulfonamides is 1. The zero-order valence-electron chi connectivity index (χ0n) is 16.7. The van der Waals surface area contributed by atoms with E-state index in [1.165, 1.54) is 12.3 Å². The molecule has 0 atom stereocenters. The second-order valence-electron chi connectivity index (χ2n) is 7.04. The van der Waals surface area contributed by atoms with Gasteiger partial charge in [0.05, 0.1) is 22.5 Å². The van der Waals surface area contributed by atoms with Gasteiger partial charge in [-0.2, -0.15) is 5.10 Å². The molecule has 162 valence electrons. The number of nitrogens with two attached hydrogens (primary N) is 2. The molecule has 0 bridgehead atoms. The van der Waals surface area contributed by atoms with Crippen molar-refractivity contribution in [2.75, 3.05) is 5.32 Å².